The largest absolute Gasteiger partial charge is 0.466 e. The molecule has 0 aromatic heterocycles. The standard InChI is InChI=1S/C18H34O2/c1-3-4-5-6-7-8-9-10-11-12-13-14-15-16-17-20-18(2)19/h8-9H,3-7,10-17H2,1-2H3/b9-8+. The summed E-state index contributed by atoms with van der Waals surface area (Å²) in [4.78, 5) is 10.5. The lowest BCUT2D eigenvalue weighted by Gasteiger charge is -2.02. The van der Waals surface area contributed by atoms with Crippen LogP contribution in [0.5, 0.6) is 0 Å². The Morgan fingerprint density at radius 2 is 1.30 bits per heavy atom. The Morgan fingerprint density at radius 1 is 0.800 bits per heavy atom. The van der Waals surface area contributed by atoms with Gasteiger partial charge >= 0.3 is 5.97 Å². The Morgan fingerprint density at radius 3 is 1.85 bits per heavy atom. The smallest absolute Gasteiger partial charge is 0.302 e. The highest BCUT2D eigenvalue weighted by Gasteiger charge is 1.93. The molecule has 0 rings (SSSR count). The molecule has 0 heterocycles. The van der Waals surface area contributed by atoms with E-state index in [2.05, 4.69) is 19.1 Å². The van der Waals surface area contributed by atoms with E-state index in [9.17, 15) is 4.79 Å². The SMILES string of the molecule is CCCCCC/C=C/CCCCCCCCOC(C)=O. The zero-order valence-corrected chi connectivity index (χ0v) is 13.7. The normalized spacial score (nSPS) is 11.1. The number of allylic oxidation sites excluding steroid dienone is 2. The number of hydrogen-bond donors (Lipinski definition) is 0. The molecule has 0 spiro atoms. The molecule has 2 heteroatoms. The number of rotatable bonds is 14. The van der Waals surface area contributed by atoms with Crippen LogP contribution in [0.2, 0.25) is 0 Å². The number of carbonyl (C=O) groups is 1. The van der Waals surface area contributed by atoms with Gasteiger partial charge in [-0.1, -0.05) is 64.0 Å². The number of hydrogen-bond acceptors (Lipinski definition) is 2. The van der Waals surface area contributed by atoms with Crippen molar-refractivity contribution >= 4 is 5.97 Å². The topological polar surface area (TPSA) is 26.3 Å². The third-order valence-corrected chi connectivity index (χ3v) is 3.46. The van der Waals surface area contributed by atoms with E-state index in [-0.39, 0.29) is 5.97 Å². The van der Waals surface area contributed by atoms with Crippen molar-refractivity contribution in [2.24, 2.45) is 0 Å². The molecule has 0 amide bonds. The molecule has 0 aliphatic heterocycles. The second kappa shape index (κ2) is 16.3. The van der Waals surface area contributed by atoms with Crippen LogP contribution in [0.4, 0.5) is 0 Å². The quantitative estimate of drug-likeness (QED) is 0.228. The maximum Gasteiger partial charge on any atom is 0.302 e. The van der Waals surface area contributed by atoms with Crippen molar-refractivity contribution in [3.8, 4) is 0 Å². The minimum absolute atomic E-state index is 0.161. The number of ether oxygens (including phenoxy) is 1. The lowest BCUT2D eigenvalue weighted by atomic mass is 10.1. The molecule has 118 valence electrons. The summed E-state index contributed by atoms with van der Waals surface area (Å²) >= 11 is 0. The molecule has 20 heavy (non-hydrogen) atoms. The van der Waals surface area contributed by atoms with Crippen LogP contribution in [0.25, 0.3) is 0 Å². The Balaban J connectivity index is 3.05. The highest BCUT2D eigenvalue weighted by Crippen LogP contribution is 2.08. The van der Waals surface area contributed by atoms with E-state index in [4.69, 9.17) is 4.74 Å². The molecule has 0 aromatic rings. The van der Waals surface area contributed by atoms with Gasteiger partial charge in [-0.05, 0) is 32.1 Å². The summed E-state index contributed by atoms with van der Waals surface area (Å²) in [5.41, 5.74) is 0. The summed E-state index contributed by atoms with van der Waals surface area (Å²) in [7, 11) is 0. The van der Waals surface area contributed by atoms with Gasteiger partial charge in [-0.3, -0.25) is 4.79 Å². The molecule has 0 saturated heterocycles. The van der Waals surface area contributed by atoms with E-state index >= 15 is 0 Å². The van der Waals surface area contributed by atoms with Crippen molar-refractivity contribution in [3.05, 3.63) is 12.2 Å². The van der Waals surface area contributed by atoms with E-state index in [1.54, 1.807) is 0 Å². The minimum atomic E-state index is -0.161. The third-order valence-electron chi connectivity index (χ3n) is 3.46. The van der Waals surface area contributed by atoms with Crippen LogP contribution in [0, 0.1) is 0 Å². The van der Waals surface area contributed by atoms with E-state index < -0.39 is 0 Å². The van der Waals surface area contributed by atoms with Crippen LogP contribution in [0.1, 0.15) is 90.9 Å². The lowest BCUT2D eigenvalue weighted by Crippen LogP contribution is -1.99. The zero-order valence-electron chi connectivity index (χ0n) is 13.7. The lowest BCUT2D eigenvalue weighted by molar-refractivity contribution is -0.141. The van der Waals surface area contributed by atoms with Gasteiger partial charge < -0.3 is 4.74 Å². The van der Waals surface area contributed by atoms with Gasteiger partial charge in [0.1, 0.15) is 0 Å². The molecule has 0 atom stereocenters. The van der Waals surface area contributed by atoms with Crippen LogP contribution in [0.3, 0.4) is 0 Å². The molecular formula is C18H34O2. The van der Waals surface area contributed by atoms with E-state index in [0.29, 0.717) is 6.61 Å². The molecule has 0 unspecified atom stereocenters. The Kier molecular flexibility index (Phi) is 15.6. The van der Waals surface area contributed by atoms with Crippen LogP contribution < -0.4 is 0 Å². The van der Waals surface area contributed by atoms with Crippen LogP contribution in [-0.4, -0.2) is 12.6 Å². The van der Waals surface area contributed by atoms with Crippen molar-refractivity contribution in [1.29, 1.82) is 0 Å². The second-order valence-corrected chi connectivity index (χ2v) is 5.57. The molecule has 0 aliphatic rings. The third kappa shape index (κ3) is 17.2. The van der Waals surface area contributed by atoms with Gasteiger partial charge in [-0.2, -0.15) is 0 Å². The maximum absolute atomic E-state index is 10.5. The monoisotopic (exact) mass is 282 g/mol. The summed E-state index contributed by atoms with van der Waals surface area (Å²) in [6.45, 7) is 4.32. The van der Waals surface area contributed by atoms with Gasteiger partial charge in [0.25, 0.3) is 0 Å². The molecule has 0 N–H and O–H groups in total. The van der Waals surface area contributed by atoms with Gasteiger partial charge in [0, 0.05) is 6.92 Å². The van der Waals surface area contributed by atoms with Gasteiger partial charge in [-0.25, -0.2) is 0 Å². The Bertz CT molecular complexity index is 234. The van der Waals surface area contributed by atoms with Gasteiger partial charge in [0.05, 0.1) is 6.61 Å². The van der Waals surface area contributed by atoms with E-state index in [1.165, 1.54) is 77.6 Å². The van der Waals surface area contributed by atoms with Gasteiger partial charge in [-0.15, -0.1) is 0 Å². The molecule has 0 aliphatic carbocycles. The van der Waals surface area contributed by atoms with Crippen molar-refractivity contribution in [2.45, 2.75) is 90.9 Å². The number of unbranched alkanes of at least 4 members (excludes halogenated alkanes) is 10. The zero-order chi connectivity index (χ0) is 14.9. The fraction of sp³-hybridized carbons (Fsp3) is 0.833. The molecule has 0 radical (unpaired) electrons. The van der Waals surface area contributed by atoms with Gasteiger partial charge in [0.2, 0.25) is 0 Å². The number of carbonyl (C=O) groups excluding carboxylic acids is 1. The van der Waals surface area contributed by atoms with Crippen molar-refractivity contribution in [3.63, 3.8) is 0 Å². The Labute approximate surface area is 126 Å². The summed E-state index contributed by atoms with van der Waals surface area (Å²) in [5.74, 6) is -0.161. The minimum Gasteiger partial charge on any atom is -0.466 e. The van der Waals surface area contributed by atoms with Crippen LogP contribution in [-0.2, 0) is 9.53 Å². The molecular weight excluding hydrogens is 248 g/mol. The molecule has 0 fully saturated rings. The summed E-state index contributed by atoms with van der Waals surface area (Å²) in [6.07, 6.45) is 20.1. The highest BCUT2D eigenvalue weighted by molar-refractivity contribution is 5.65. The molecule has 0 bridgehead atoms. The van der Waals surface area contributed by atoms with Crippen LogP contribution >= 0.6 is 0 Å². The fourth-order valence-corrected chi connectivity index (χ4v) is 2.21. The predicted octanol–water partition coefficient (Wildman–Crippen LogP) is 5.81. The molecule has 0 saturated carbocycles. The van der Waals surface area contributed by atoms with Crippen molar-refractivity contribution in [1.82, 2.24) is 0 Å². The predicted molar refractivity (Wildman–Crippen MR) is 86.9 cm³/mol. The molecule has 0 aromatic carbocycles. The first-order chi connectivity index (χ1) is 9.77. The maximum atomic E-state index is 10.5. The summed E-state index contributed by atoms with van der Waals surface area (Å²) < 4.78 is 4.90. The fourth-order valence-electron chi connectivity index (χ4n) is 2.21. The van der Waals surface area contributed by atoms with Gasteiger partial charge in [0.15, 0.2) is 0 Å². The summed E-state index contributed by atoms with van der Waals surface area (Å²) in [5, 5.41) is 0. The average molecular weight is 282 g/mol. The first kappa shape index (κ1) is 19.2. The van der Waals surface area contributed by atoms with Crippen LogP contribution in [0.15, 0.2) is 12.2 Å². The highest BCUT2D eigenvalue weighted by atomic mass is 16.5. The van der Waals surface area contributed by atoms with E-state index in [0.717, 1.165) is 6.42 Å². The average Bonchev–Trinajstić information content (AvgIpc) is 2.43. The molecule has 2 nitrogen and oxygen atoms in total. The second-order valence-electron chi connectivity index (χ2n) is 5.57. The first-order valence-corrected chi connectivity index (χ1v) is 8.55. The van der Waals surface area contributed by atoms with Crippen molar-refractivity contribution in [2.75, 3.05) is 6.61 Å². The van der Waals surface area contributed by atoms with E-state index in [1.807, 2.05) is 0 Å². The van der Waals surface area contributed by atoms with Crippen molar-refractivity contribution < 1.29 is 9.53 Å². The number of esters is 1. The Hall–Kier alpha value is -0.790. The summed E-state index contributed by atoms with van der Waals surface area (Å²) in [6, 6.07) is 0. The first-order valence-electron chi connectivity index (χ1n) is 8.55.